The number of rotatable bonds is 5. The number of nitrogens with two attached hydrogens (primary N) is 1. The first kappa shape index (κ1) is 16.5. The number of allylic oxidation sites excluding steroid dienone is 1. The summed E-state index contributed by atoms with van der Waals surface area (Å²) >= 11 is 0.954. The highest BCUT2D eigenvalue weighted by atomic mass is 32.3. The zero-order valence-electron chi connectivity index (χ0n) is 11.3. The van der Waals surface area contributed by atoms with E-state index in [1.807, 2.05) is 20.8 Å². The van der Waals surface area contributed by atoms with E-state index in [9.17, 15) is 13.2 Å². The minimum atomic E-state index is -3.79. The van der Waals surface area contributed by atoms with Crippen LogP contribution in [0.3, 0.4) is 0 Å². The highest BCUT2D eigenvalue weighted by Gasteiger charge is 2.41. The SMILES string of the molecule is CC(C)(C)N1C=C(C(=O)CCCO)SC1S(N)(=O)=O. The Morgan fingerprint density at radius 3 is 2.47 bits per heavy atom. The summed E-state index contributed by atoms with van der Waals surface area (Å²) in [5.41, 5.74) is -0.455. The number of hydrogen-bond acceptors (Lipinski definition) is 6. The maximum absolute atomic E-state index is 11.9. The molecular formula is C11H20N2O4S2. The van der Waals surface area contributed by atoms with Gasteiger partial charge in [-0.3, -0.25) is 4.79 Å². The molecule has 19 heavy (non-hydrogen) atoms. The summed E-state index contributed by atoms with van der Waals surface area (Å²) in [6.45, 7) is 5.49. The monoisotopic (exact) mass is 308 g/mol. The van der Waals surface area contributed by atoms with E-state index in [2.05, 4.69) is 0 Å². The van der Waals surface area contributed by atoms with E-state index in [1.165, 1.54) is 0 Å². The van der Waals surface area contributed by atoms with E-state index < -0.39 is 20.3 Å². The van der Waals surface area contributed by atoms with Crippen molar-refractivity contribution >= 4 is 27.6 Å². The molecule has 0 saturated carbocycles. The van der Waals surface area contributed by atoms with Gasteiger partial charge in [0.15, 0.2) is 10.5 Å². The average Bonchev–Trinajstić information content (AvgIpc) is 2.69. The van der Waals surface area contributed by atoms with Crippen LogP contribution in [0.2, 0.25) is 0 Å². The molecule has 0 spiro atoms. The van der Waals surface area contributed by atoms with E-state index in [1.54, 1.807) is 11.1 Å². The summed E-state index contributed by atoms with van der Waals surface area (Å²) < 4.78 is 22.2. The van der Waals surface area contributed by atoms with Crippen LogP contribution in [-0.2, 0) is 14.8 Å². The van der Waals surface area contributed by atoms with Crippen LogP contribution in [0.4, 0.5) is 0 Å². The minimum Gasteiger partial charge on any atom is -0.396 e. The summed E-state index contributed by atoms with van der Waals surface area (Å²) in [5, 5.41) is 13.9. The zero-order chi connectivity index (χ0) is 14.8. The molecule has 1 rings (SSSR count). The molecule has 1 heterocycles. The Bertz CT molecular complexity index is 479. The van der Waals surface area contributed by atoms with E-state index in [4.69, 9.17) is 10.2 Å². The number of ketones is 1. The lowest BCUT2D eigenvalue weighted by Crippen LogP contribution is -2.46. The van der Waals surface area contributed by atoms with Crippen LogP contribution in [0.5, 0.6) is 0 Å². The van der Waals surface area contributed by atoms with Crippen molar-refractivity contribution in [1.29, 1.82) is 0 Å². The predicted molar refractivity (Wildman–Crippen MR) is 75.5 cm³/mol. The molecule has 0 aromatic heterocycles. The fraction of sp³-hybridized carbons (Fsp3) is 0.727. The number of Topliss-reactive ketones (excluding diaryl/α,β-unsaturated/α-hetero) is 1. The van der Waals surface area contributed by atoms with Crippen LogP contribution in [0.1, 0.15) is 33.6 Å². The summed E-state index contributed by atoms with van der Waals surface area (Å²) in [7, 11) is -3.79. The molecule has 3 N–H and O–H groups in total. The smallest absolute Gasteiger partial charge is 0.240 e. The number of primary sulfonamides is 1. The van der Waals surface area contributed by atoms with Gasteiger partial charge in [0, 0.05) is 24.8 Å². The standard InChI is InChI=1S/C11H20N2O4S2/c1-11(2,3)13-7-9(8(15)5-4-6-14)18-10(13)19(12,16)17/h7,10,14H,4-6H2,1-3H3,(H2,12,16,17). The highest BCUT2D eigenvalue weighted by molar-refractivity contribution is 8.15. The Morgan fingerprint density at radius 2 is 2.11 bits per heavy atom. The molecule has 1 aliphatic rings. The van der Waals surface area contributed by atoms with Gasteiger partial charge in [-0.2, -0.15) is 0 Å². The number of sulfonamides is 1. The summed E-state index contributed by atoms with van der Waals surface area (Å²) in [4.78, 5) is 13.8. The van der Waals surface area contributed by atoms with Gasteiger partial charge < -0.3 is 10.0 Å². The molecule has 8 heteroatoms. The third kappa shape index (κ3) is 4.20. The minimum absolute atomic E-state index is 0.0642. The van der Waals surface area contributed by atoms with Gasteiger partial charge in [0.05, 0.1) is 4.91 Å². The topological polar surface area (TPSA) is 101 Å². The molecule has 0 bridgehead atoms. The first-order chi connectivity index (χ1) is 8.57. The molecule has 0 radical (unpaired) electrons. The molecule has 1 unspecified atom stereocenters. The molecule has 6 nitrogen and oxygen atoms in total. The molecule has 0 amide bonds. The first-order valence-corrected chi connectivity index (χ1v) is 8.39. The van der Waals surface area contributed by atoms with Crippen molar-refractivity contribution in [1.82, 2.24) is 4.90 Å². The number of carbonyl (C=O) groups is 1. The van der Waals surface area contributed by atoms with E-state index in [-0.39, 0.29) is 18.8 Å². The van der Waals surface area contributed by atoms with Crippen molar-refractivity contribution in [2.75, 3.05) is 6.61 Å². The van der Waals surface area contributed by atoms with Crippen molar-refractivity contribution in [3.05, 3.63) is 11.1 Å². The molecule has 110 valence electrons. The zero-order valence-corrected chi connectivity index (χ0v) is 12.9. The Hall–Kier alpha value is -0.570. The van der Waals surface area contributed by atoms with Crippen LogP contribution >= 0.6 is 11.8 Å². The molecular weight excluding hydrogens is 288 g/mol. The molecule has 0 aromatic rings. The van der Waals surface area contributed by atoms with Gasteiger partial charge in [-0.1, -0.05) is 11.8 Å². The lowest BCUT2D eigenvalue weighted by molar-refractivity contribution is -0.115. The second-order valence-electron chi connectivity index (χ2n) is 5.34. The van der Waals surface area contributed by atoms with Crippen molar-refractivity contribution < 1.29 is 18.3 Å². The van der Waals surface area contributed by atoms with Crippen molar-refractivity contribution in [3.8, 4) is 0 Å². The van der Waals surface area contributed by atoms with Gasteiger partial charge in [0.25, 0.3) is 0 Å². The predicted octanol–water partition coefficient (Wildman–Crippen LogP) is 0.589. The third-order valence-electron chi connectivity index (χ3n) is 2.60. The van der Waals surface area contributed by atoms with Crippen LogP contribution in [0.25, 0.3) is 0 Å². The van der Waals surface area contributed by atoms with Crippen molar-refractivity contribution in [2.24, 2.45) is 5.14 Å². The van der Waals surface area contributed by atoms with E-state index >= 15 is 0 Å². The second-order valence-corrected chi connectivity index (χ2v) is 8.38. The first-order valence-electron chi connectivity index (χ1n) is 5.90. The molecule has 1 atom stereocenters. The van der Waals surface area contributed by atoms with Gasteiger partial charge >= 0.3 is 0 Å². The quantitative estimate of drug-likeness (QED) is 0.771. The molecule has 1 aliphatic heterocycles. The van der Waals surface area contributed by atoms with Crippen molar-refractivity contribution in [3.63, 3.8) is 0 Å². The molecule has 0 saturated heterocycles. The maximum Gasteiger partial charge on any atom is 0.240 e. The van der Waals surface area contributed by atoms with Gasteiger partial charge in [0.1, 0.15) is 0 Å². The summed E-state index contributed by atoms with van der Waals surface area (Å²) in [5.74, 6) is -0.167. The summed E-state index contributed by atoms with van der Waals surface area (Å²) in [6.07, 6.45) is 2.12. The van der Waals surface area contributed by atoms with Gasteiger partial charge in [-0.25, -0.2) is 13.6 Å². The van der Waals surface area contributed by atoms with Gasteiger partial charge in [0.2, 0.25) is 10.0 Å². The van der Waals surface area contributed by atoms with Crippen molar-refractivity contribution in [2.45, 2.75) is 43.9 Å². The van der Waals surface area contributed by atoms with Crippen LogP contribution in [0.15, 0.2) is 11.1 Å². The second kappa shape index (κ2) is 5.82. The van der Waals surface area contributed by atoms with Gasteiger partial charge in [-0.05, 0) is 27.2 Å². The largest absolute Gasteiger partial charge is 0.396 e. The van der Waals surface area contributed by atoms with Crippen LogP contribution in [-0.4, -0.2) is 41.1 Å². The number of aliphatic hydroxyl groups is 1. The number of aliphatic hydroxyl groups excluding tert-OH is 1. The van der Waals surface area contributed by atoms with Crippen LogP contribution < -0.4 is 5.14 Å². The highest BCUT2D eigenvalue weighted by Crippen LogP contribution is 2.40. The summed E-state index contributed by atoms with van der Waals surface area (Å²) in [6, 6.07) is 0. The van der Waals surface area contributed by atoms with Crippen LogP contribution in [0, 0.1) is 0 Å². The lowest BCUT2D eigenvalue weighted by Gasteiger charge is -2.35. The van der Waals surface area contributed by atoms with E-state index in [0.717, 1.165) is 11.8 Å². The number of carbonyl (C=O) groups excluding carboxylic acids is 1. The third-order valence-corrected chi connectivity index (χ3v) is 5.50. The number of hydrogen-bond donors (Lipinski definition) is 2. The Balaban J connectivity index is 2.97. The number of nitrogens with zero attached hydrogens (tertiary/aromatic N) is 1. The number of thioether (sulfide) groups is 1. The van der Waals surface area contributed by atoms with E-state index in [0.29, 0.717) is 11.3 Å². The molecule has 0 aliphatic carbocycles. The Labute approximate surface area is 118 Å². The van der Waals surface area contributed by atoms with Gasteiger partial charge in [-0.15, -0.1) is 0 Å². The lowest BCUT2D eigenvalue weighted by atomic mass is 10.1. The average molecular weight is 308 g/mol. The fourth-order valence-corrected chi connectivity index (χ4v) is 4.28. The Morgan fingerprint density at radius 1 is 1.53 bits per heavy atom. The fourth-order valence-electron chi connectivity index (χ4n) is 1.62. The maximum atomic E-state index is 11.9. The molecule has 0 aromatic carbocycles. The molecule has 0 fully saturated rings. The normalized spacial score (nSPS) is 20.6. The Kier molecular flexibility index (Phi) is 5.05.